The van der Waals surface area contributed by atoms with Crippen LogP contribution in [0.5, 0.6) is 0 Å². The van der Waals surface area contributed by atoms with Gasteiger partial charge in [-0.2, -0.15) is 5.26 Å². The molecule has 3 N–H and O–H groups in total. The van der Waals surface area contributed by atoms with E-state index in [1.807, 2.05) is 13.0 Å². The van der Waals surface area contributed by atoms with Crippen LogP contribution < -0.4 is 5.73 Å². The van der Waals surface area contributed by atoms with Crippen LogP contribution in [0.1, 0.15) is 24.0 Å². The summed E-state index contributed by atoms with van der Waals surface area (Å²) in [5, 5.41) is 17.9. The number of rotatable bonds is 5. The number of sulfone groups is 1. The third kappa shape index (κ3) is 3.36. The number of amides is 1. The highest BCUT2D eigenvalue weighted by atomic mass is 35.5. The molecule has 152 valence electrons. The number of carboxylic acids is 1. The van der Waals surface area contributed by atoms with Gasteiger partial charge < -0.3 is 10.8 Å². The molecule has 1 aromatic carbocycles. The normalized spacial score (nSPS) is 29.5. The largest absolute Gasteiger partial charge is 0.480 e. The topological polar surface area (TPSA) is 142 Å². The maximum Gasteiger partial charge on any atom is 0.320 e. The van der Waals surface area contributed by atoms with E-state index in [1.54, 1.807) is 25.1 Å². The first-order chi connectivity index (χ1) is 12.5. The summed E-state index contributed by atoms with van der Waals surface area (Å²) in [6.07, 6.45) is 0.0285. The molecule has 1 saturated carbocycles. The molecule has 2 fully saturated rings. The number of nitrogens with zero attached hydrogens (tertiary/aromatic N) is 2. The Hall–Kier alpha value is -2.15. The van der Waals surface area contributed by atoms with Crippen LogP contribution in [0.15, 0.2) is 23.1 Å². The van der Waals surface area contributed by atoms with Gasteiger partial charge in [0.15, 0.2) is 15.3 Å². The number of likely N-dealkylation sites (tertiary alicyclic amines) is 1. The van der Waals surface area contributed by atoms with Crippen molar-refractivity contribution in [2.75, 3.05) is 6.54 Å². The number of carboxylic acid groups (broad SMARTS) is 1. The van der Waals surface area contributed by atoms with Crippen molar-refractivity contribution in [3.8, 4) is 6.07 Å². The van der Waals surface area contributed by atoms with Crippen LogP contribution in [0.3, 0.4) is 0 Å². The van der Waals surface area contributed by atoms with Gasteiger partial charge in [-0.3, -0.25) is 14.5 Å². The number of hydrogen-bond acceptors (Lipinski definition) is 6. The molecule has 0 radical (unpaired) electrons. The standard InChI is InChI=1S/C18H21N3O5S.ClH/c1-10-3-4-14(11(2)5-10)27(25,26)12-6-13(16(22)23)21(8-12)15-7-18(15,9-19)17(20)24;/h3-5,12-13,15H,6-8H2,1-2H3,(H2,20,24)(H,22,23);1H/t12-,13+,15?,18?;/m1./s1. The Morgan fingerprint density at radius 3 is 2.46 bits per heavy atom. The lowest BCUT2D eigenvalue weighted by atomic mass is 10.1. The number of benzene rings is 1. The van der Waals surface area contributed by atoms with Crippen molar-refractivity contribution in [1.29, 1.82) is 5.26 Å². The van der Waals surface area contributed by atoms with Gasteiger partial charge in [-0.15, -0.1) is 12.4 Å². The molecule has 1 heterocycles. The first kappa shape index (κ1) is 22.1. The number of carbonyl (C=O) groups is 2. The zero-order valence-electron chi connectivity index (χ0n) is 15.5. The van der Waals surface area contributed by atoms with Gasteiger partial charge in [-0.05, 0) is 38.3 Å². The van der Waals surface area contributed by atoms with Crippen molar-refractivity contribution >= 4 is 34.1 Å². The summed E-state index contributed by atoms with van der Waals surface area (Å²) in [4.78, 5) is 25.0. The van der Waals surface area contributed by atoms with Crippen molar-refractivity contribution in [3.05, 3.63) is 29.3 Å². The van der Waals surface area contributed by atoms with Gasteiger partial charge in [-0.25, -0.2) is 8.42 Å². The minimum atomic E-state index is -3.76. The molecule has 28 heavy (non-hydrogen) atoms. The van der Waals surface area contributed by atoms with Crippen LogP contribution in [0.2, 0.25) is 0 Å². The summed E-state index contributed by atoms with van der Waals surface area (Å²) < 4.78 is 26.2. The van der Waals surface area contributed by atoms with E-state index in [9.17, 15) is 28.4 Å². The number of primary amides is 1. The van der Waals surface area contributed by atoms with Gasteiger partial charge in [0.1, 0.15) is 6.04 Å². The van der Waals surface area contributed by atoms with Crippen molar-refractivity contribution in [2.24, 2.45) is 11.1 Å². The Morgan fingerprint density at radius 1 is 1.36 bits per heavy atom. The van der Waals surface area contributed by atoms with Crippen LogP contribution in [0.4, 0.5) is 0 Å². The lowest BCUT2D eigenvalue weighted by Crippen LogP contribution is -2.42. The van der Waals surface area contributed by atoms with Crippen LogP contribution in [0, 0.1) is 30.6 Å². The fraction of sp³-hybridized carbons (Fsp3) is 0.500. The fourth-order valence-corrected chi connectivity index (χ4v) is 5.95. The van der Waals surface area contributed by atoms with Crippen molar-refractivity contribution in [2.45, 2.75) is 48.9 Å². The summed E-state index contributed by atoms with van der Waals surface area (Å²) in [5.41, 5.74) is 5.41. The minimum Gasteiger partial charge on any atom is -0.480 e. The summed E-state index contributed by atoms with van der Waals surface area (Å²) in [6.45, 7) is 3.52. The molecule has 2 aliphatic rings. The minimum absolute atomic E-state index is 0. The zero-order chi connectivity index (χ0) is 20.1. The molecule has 0 spiro atoms. The number of hydrogen-bond donors (Lipinski definition) is 2. The molecule has 0 bridgehead atoms. The van der Waals surface area contributed by atoms with E-state index in [0.29, 0.717) is 5.56 Å². The number of nitriles is 1. The Morgan fingerprint density at radius 2 is 2.00 bits per heavy atom. The Labute approximate surface area is 169 Å². The molecule has 1 aromatic rings. The molecule has 3 rings (SSSR count). The third-order valence-electron chi connectivity index (χ3n) is 5.63. The second-order valence-corrected chi connectivity index (χ2v) is 9.59. The van der Waals surface area contributed by atoms with E-state index in [-0.39, 0.29) is 36.7 Å². The van der Waals surface area contributed by atoms with Gasteiger partial charge in [0.05, 0.1) is 16.2 Å². The lowest BCUT2D eigenvalue weighted by molar-refractivity contribution is -0.142. The highest BCUT2D eigenvalue weighted by Crippen LogP contribution is 2.51. The molecule has 4 atom stereocenters. The number of carbonyl (C=O) groups excluding carboxylic acids is 1. The number of aliphatic carboxylic acids is 1. The quantitative estimate of drug-likeness (QED) is 0.707. The van der Waals surface area contributed by atoms with E-state index >= 15 is 0 Å². The maximum absolute atomic E-state index is 13.1. The summed E-state index contributed by atoms with van der Waals surface area (Å²) >= 11 is 0. The molecule has 1 aliphatic carbocycles. The summed E-state index contributed by atoms with van der Waals surface area (Å²) in [5.74, 6) is -1.98. The molecule has 1 amide bonds. The summed E-state index contributed by atoms with van der Waals surface area (Å²) in [6, 6.07) is 5.15. The van der Waals surface area contributed by atoms with Gasteiger partial charge in [0.2, 0.25) is 5.91 Å². The Kier molecular flexibility index (Phi) is 5.81. The third-order valence-corrected chi connectivity index (χ3v) is 7.92. The van der Waals surface area contributed by atoms with Crippen LogP contribution in [-0.4, -0.2) is 54.2 Å². The second kappa shape index (κ2) is 7.35. The number of halogens is 1. The highest BCUT2D eigenvalue weighted by molar-refractivity contribution is 7.92. The smallest absolute Gasteiger partial charge is 0.320 e. The predicted octanol–water partition coefficient (Wildman–Crippen LogP) is 0.794. The lowest BCUT2D eigenvalue weighted by Gasteiger charge is -2.22. The van der Waals surface area contributed by atoms with Crippen molar-refractivity contribution < 1.29 is 23.1 Å². The SMILES string of the molecule is Cc1ccc(S(=O)(=O)[C@@H]2C[C@@H](C(=O)O)N(C3CC3(C#N)C(N)=O)C2)c(C)c1.Cl. The van der Waals surface area contributed by atoms with E-state index in [2.05, 4.69) is 0 Å². The van der Waals surface area contributed by atoms with Crippen LogP contribution in [0.25, 0.3) is 0 Å². The molecule has 0 aromatic heterocycles. The molecule has 1 saturated heterocycles. The maximum atomic E-state index is 13.1. The average molecular weight is 428 g/mol. The zero-order valence-corrected chi connectivity index (χ0v) is 17.1. The van der Waals surface area contributed by atoms with E-state index in [4.69, 9.17) is 5.73 Å². The fourth-order valence-electron chi connectivity index (χ4n) is 4.02. The first-order valence-electron chi connectivity index (χ1n) is 8.55. The van der Waals surface area contributed by atoms with Gasteiger partial charge in [0.25, 0.3) is 0 Å². The Balaban J connectivity index is 0.00000280. The highest BCUT2D eigenvalue weighted by Gasteiger charge is 2.66. The van der Waals surface area contributed by atoms with E-state index in [1.165, 1.54) is 4.90 Å². The van der Waals surface area contributed by atoms with Crippen molar-refractivity contribution in [1.82, 2.24) is 4.90 Å². The summed E-state index contributed by atoms with van der Waals surface area (Å²) in [7, 11) is -3.76. The monoisotopic (exact) mass is 427 g/mol. The number of nitrogens with two attached hydrogens (primary N) is 1. The van der Waals surface area contributed by atoms with E-state index < -0.39 is 44.5 Å². The molecule has 2 unspecified atom stereocenters. The molecule has 8 nitrogen and oxygen atoms in total. The Bertz CT molecular complexity index is 974. The second-order valence-electron chi connectivity index (χ2n) is 7.39. The number of aryl methyl sites for hydroxylation is 2. The molecule has 10 heteroatoms. The van der Waals surface area contributed by atoms with E-state index in [0.717, 1.165) is 5.56 Å². The first-order valence-corrected chi connectivity index (χ1v) is 10.1. The van der Waals surface area contributed by atoms with Gasteiger partial charge in [0, 0.05) is 12.6 Å². The molecular formula is C18H22ClN3O5S. The van der Waals surface area contributed by atoms with Gasteiger partial charge >= 0.3 is 5.97 Å². The van der Waals surface area contributed by atoms with Crippen LogP contribution >= 0.6 is 12.4 Å². The average Bonchev–Trinajstić information content (AvgIpc) is 3.15. The van der Waals surface area contributed by atoms with Crippen molar-refractivity contribution in [3.63, 3.8) is 0 Å². The molecular weight excluding hydrogens is 406 g/mol. The predicted molar refractivity (Wildman–Crippen MR) is 103 cm³/mol. The van der Waals surface area contributed by atoms with Crippen LogP contribution in [-0.2, 0) is 19.4 Å². The molecule has 1 aliphatic heterocycles. The van der Waals surface area contributed by atoms with Gasteiger partial charge in [-0.1, -0.05) is 17.7 Å².